The van der Waals surface area contributed by atoms with Crippen molar-refractivity contribution in [3.63, 3.8) is 0 Å². The number of nitrogens with zero attached hydrogens (tertiary/aromatic N) is 3. The van der Waals surface area contributed by atoms with Crippen LogP contribution < -0.4 is 0 Å². The summed E-state index contributed by atoms with van der Waals surface area (Å²) in [7, 11) is 4.35. The van der Waals surface area contributed by atoms with Crippen molar-refractivity contribution < 1.29 is 0 Å². The fourth-order valence-electron chi connectivity index (χ4n) is 2.61. The first-order valence-electron chi connectivity index (χ1n) is 7.28. The van der Waals surface area contributed by atoms with Gasteiger partial charge in [-0.05, 0) is 39.7 Å². The highest BCUT2D eigenvalue weighted by molar-refractivity contribution is 7.71. The molecule has 2 rings (SSSR count). The summed E-state index contributed by atoms with van der Waals surface area (Å²) in [5.41, 5.74) is 1.22. The minimum absolute atomic E-state index is 0.0560. The summed E-state index contributed by atoms with van der Waals surface area (Å²) in [6.07, 6.45) is 1.20. The average molecular weight is 294 g/mol. The van der Waals surface area contributed by atoms with Crippen LogP contribution in [-0.2, 0) is 5.41 Å². The third kappa shape index (κ3) is 3.65. The van der Waals surface area contributed by atoms with E-state index < -0.39 is 0 Å². The molecule has 1 N–H and O–H groups in total. The molecule has 1 fully saturated rings. The molecule has 1 atom stereocenters. The third-order valence-electron chi connectivity index (χ3n) is 3.95. The lowest BCUT2D eigenvalue weighted by atomic mass is 9.92. The SMILES string of the molecule is CN1CCCN(C)C(c2nc(=S)cc(C(C)(C)C)[nH]2)C1. The zero-order valence-corrected chi connectivity index (χ0v) is 14.0. The Morgan fingerprint density at radius 1 is 1.30 bits per heavy atom. The van der Waals surface area contributed by atoms with E-state index in [0.717, 1.165) is 31.2 Å². The maximum atomic E-state index is 5.36. The number of hydrogen-bond donors (Lipinski definition) is 1. The second-order valence-electron chi connectivity index (χ2n) is 6.88. The number of rotatable bonds is 1. The van der Waals surface area contributed by atoms with Crippen LogP contribution in [0.1, 0.15) is 44.8 Å². The van der Waals surface area contributed by atoms with E-state index in [-0.39, 0.29) is 11.5 Å². The van der Waals surface area contributed by atoms with Crippen LogP contribution >= 0.6 is 12.2 Å². The maximum absolute atomic E-state index is 5.36. The van der Waals surface area contributed by atoms with Gasteiger partial charge < -0.3 is 9.88 Å². The van der Waals surface area contributed by atoms with Gasteiger partial charge in [0, 0.05) is 17.7 Å². The van der Waals surface area contributed by atoms with Gasteiger partial charge in [0.15, 0.2) is 0 Å². The molecule has 0 amide bonds. The van der Waals surface area contributed by atoms with E-state index in [1.807, 2.05) is 6.07 Å². The highest BCUT2D eigenvalue weighted by Crippen LogP contribution is 2.24. The number of aromatic amines is 1. The van der Waals surface area contributed by atoms with E-state index in [9.17, 15) is 0 Å². The highest BCUT2D eigenvalue weighted by atomic mass is 32.1. The summed E-state index contributed by atoms with van der Waals surface area (Å²) in [5.74, 6) is 0.999. The summed E-state index contributed by atoms with van der Waals surface area (Å²) in [5, 5.41) is 0. The third-order valence-corrected chi connectivity index (χ3v) is 4.16. The predicted molar refractivity (Wildman–Crippen MR) is 85.6 cm³/mol. The lowest BCUT2D eigenvalue weighted by Crippen LogP contribution is -2.32. The van der Waals surface area contributed by atoms with E-state index in [1.165, 1.54) is 6.42 Å². The quantitative estimate of drug-likeness (QED) is 0.808. The lowest BCUT2D eigenvalue weighted by molar-refractivity contribution is 0.218. The van der Waals surface area contributed by atoms with Gasteiger partial charge >= 0.3 is 0 Å². The van der Waals surface area contributed by atoms with Crippen LogP contribution in [0.5, 0.6) is 0 Å². The Morgan fingerprint density at radius 2 is 2.00 bits per heavy atom. The van der Waals surface area contributed by atoms with Gasteiger partial charge in [-0.1, -0.05) is 33.0 Å². The summed E-state index contributed by atoms with van der Waals surface area (Å²) >= 11 is 5.36. The van der Waals surface area contributed by atoms with E-state index >= 15 is 0 Å². The number of aromatic nitrogens is 2. The molecule has 0 radical (unpaired) electrons. The first-order valence-corrected chi connectivity index (χ1v) is 7.69. The van der Waals surface area contributed by atoms with Crippen molar-refractivity contribution in [3.05, 3.63) is 22.2 Å². The Kier molecular flexibility index (Phi) is 4.62. The zero-order chi connectivity index (χ0) is 14.9. The molecule has 0 saturated carbocycles. The van der Waals surface area contributed by atoms with Crippen LogP contribution in [0.25, 0.3) is 0 Å². The molecule has 1 aromatic heterocycles. The van der Waals surface area contributed by atoms with Gasteiger partial charge in [-0.25, -0.2) is 4.98 Å². The molecule has 112 valence electrons. The Morgan fingerprint density at radius 3 is 2.65 bits per heavy atom. The minimum Gasteiger partial charge on any atom is -0.345 e. The first kappa shape index (κ1) is 15.6. The van der Waals surface area contributed by atoms with Crippen LogP contribution in [-0.4, -0.2) is 53.5 Å². The lowest BCUT2D eigenvalue weighted by Gasteiger charge is -2.28. The Balaban J connectivity index is 2.40. The monoisotopic (exact) mass is 294 g/mol. The number of hydrogen-bond acceptors (Lipinski definition) is 4. The molecule has 0 bridgehead atoms. The van der Waals surface area contributed by atoms with E-state index in [1.54, 1.807) is 0 Å². The molecule has 4 nitrogen and oxygen atoms in total. The molecule has 1 unspecified atom stereocenters. The van der Waals surface area contributed by atoms with E-state index in [2.05, 4.69) is 54.6 Å². The van der Waals surface area contributed by atoms with Crippen molar-refractivity contribution in [2.45, 2.75) is 38.6 Å². The van der Waals surface area contributed by atoms with Crippen LogP contribution in [0.4, 0.5) is 0 Å². The molecule has 1 aliphatic rings. The van der Waals surface area contributed by atoms with Crippen LogP contribution in [0.2, 0.25) is 0 Å². The minimum atomic E-state index is 0.0560. The molecule has 20 heavy (non-hydrogen) atoms. The van der Waals surface area contributed by atoms with E-state index in [0.29, 0.717) is 4.64 Å². The van der Waals surface area contributed by atoms with Gasteiger partial charge in [0.2, 0.25) is 0 Å². The van der Waals surface area contributed by atoms with Crippen LogP contribution in [0, 0.1) is 4.64 Å². The molecule has 0 aliphatic carbocycles. The topological polar surface area (TPSA) is 35.2 Å². The Labute approximate surface area is 127 Å². The molecule has 5 heteroatoms. The summed E-state index contributed by atoms with van der Waals surface area (Å²) in [6.45, 7) is 9.81. The van der Waals surface area contributed by atoms with Crippen molar-refractivity contribution in [3.8, 4) is 0 Å². The smallest absolute Gasteiger partial charge is 0.130 e. The number of nitrogens with one attached hydrogen (secondary N) is 1. The predicted octanol–water partition coefficient (Wildman–Crippen LogP) is 2.75. The van der Waals surface area contributed by atoms with Gasteiger partial charge in [0.05, 0.1) is 6.04 Å². The second-order valence-corrected chi connectivity index (χ2v) is 7.30. The summed E-state index contributed by atoms with van der Waals surface area (Å²) < 4.78 is 0.684. The van der Waals surface area contributed by atoms with Crippen molar-refractivity contribution in [2.24, 2.45) is 0 Å². The molecular weight excluding hydrogens is 268 g/mol. The molecular formula is C15H26N4S. The Hall–Kier alpha value is -0.780. The van der Waals surface area contributed by atoms with E-state index in [4.69, 9.17) is 12.2 Å². The van der Waals surface area contributed by atoms with Gasteiger partial charge in [0.1, 0.15) is 10.5 Å². The highest BCUT2D eigenvalue weighted by Gasteiger charge is 2.25. The fraction of sp³-hybridized carbons (Fsp3) is 0.733. The average Bonchev–Trinajstić information content (AvgIpc) is 2.49. The molecule has 0 spiro atoms. The van der Waals surface area contributed by atoms with Gasteiger partial charge in [0.25, 0.3) is 0 Å². The molecule has 0 aromatic carbocycles. The Bertz CT molecular complexity index is 517. The van der Waals surface area contributed by atoms with Crippen molar-refractivity contribution in [1.82, 2.24) is 19.8 Å². The fourth-order valence-corrected chi connectivity index (χ4v) is 2.82. The second kappa shape index (κ2) is 5.92. The number of H-pyrrole nitrogens is 1. The summed E-state index contributed by atoms with van der Waals surface area (Å²) in [6, 6.07) is 2.27. The van der Waals surface area contributed by atoms with Crippen LogP contribution in [0.3, 0.4) is 0 Å². The van der Waals surface area contributed by atoms with Gasteiger partial charge in [-0.3, -0.25) is 4.90 Å². The standard InChI is InChI=1S/C15H26N4S/c1-15(2,3)12-9-13(20)17-14(16-12)11-10-18(4)7-6-8-19(11)5/h9,11H,6-8,10H2,1-5H3,(H,16,17,20). The first-order chi connectivity index (χ1) is 9.27. The van der Waals surface area contributed by atoms with Gasteiger partial charge in [-0.2, -0.15) is 0 Å². The molecule has 1 aromatic rings. The molecule has 1 saturated heterocycles. The molecule has 2 heterocycles. The van der Waals surface area contributed by atoms with Crippen molar-refractivity contribution in [1.29, 1.82) is 0 Å². The zero-order valence-electron chi connectivity index (χ0n) is 13.2. The van der Waals surface area contributed by atoms with Gasteiger partial charge in [-0.15, -0.1) is 0 Å². The maximum Gasteiger partial charge on any atom is 0.130 e. The molecule has 1 aliphatic heterocycles. The van der Waals surface area contributed by atoms with Crippen molar-refractivity contribution >= 4 is 12.2 Å². The van der Waals surface area contributed by atoms with Crippen LogP contribution in [0.15, 0.2) is 6.07 Å². The number of likely N-dealkylation sites (N-methyl/N-ethyl adjacent to an activating group) is 2. The van der Waals surface area contributed by atoms with Crippen molar-refractivity contribution in [2.75, 3.05) is 33.7 Å². The largest absolute Gasteiger partial charge is 0.345 e. The summed E-state index contributed by atoms with van der Waals surface area (Å²) in [4.78, 5) is 12.9. The normalized spacial score (nSPS) is 22.8.